The molecule has 0 aliphatic carbocycles. The predicted octanol–water partition coefficient (Wildman–Crippen LogP) is 2.38. The van der Waals surface area contributed by atoms with Crippen molar-refractivity contribution in [3.63, 3.8) is 0 Å². The van der Waals surface area contributed by atoms with Gasteiger partial charge in [0.1, 0.15) is 27.8 Å². The van der Waals surface area contributed by atoms with Crippen LogP contribution in [0.4, 0.5) is 0 Å². The number of aromatic nitrogens is 1. The van der Waals surface area contributed by atoms with E-state index in [0.29, 0.717) is 20.5 Å². The number of hydrogen-bond acceptors (Lipinski definition) is 5. The van der Waals surface area contributed by atoms with E-state index in [2.05, 4.69) is 6.58 Å². The summed E-state index contributed by atoms with van der Waals surface area (Å²) in [5, 5.41) is 9.63. The summed E-state index contributed by atoms with van der Waals surface area (Å²) >= 11 is 1.09. The Morgan fingerprint density at radius 1 is 1.30 bits per heavy atom. The number of Topliss-reactive ketones (excluding diaryl/α,β-unsaturated/α-hetero) is 1. The molecular weight excluding hydrogens is 360 g/mol. The van der Waals surface area contributed by atoms with E-state index in [-0.39, 0.29) is 17.7 Å². The number of ketones is 1. The Morgan fingerprint density at radius 3 is 2.63 bits per heavy atom. The fourth-order valence-electron chi connectivity index (χ4n) is 2.59. The molecule has 0 bridgehead atoms. The van der Waals surface area contributed by atoms with E-state index < -0.39 is 5.78 Å². The van der Waals surface area contributed by atoms with Gasteiger partial charge in [0.05, 0.1) is 4.53 Å². The third-order valence-electron chi connectivity index (χ3n) is 3.84. The molecule has 0 aliphatic heterocycles. The summed E-state index contributed by atoms with van der Waals surface area (Å²) < 4.78 is 7.58. The highest BCUT2D eigenvalue weighted by atomic mass is 32.1. The van der Waals surface area contributed by atoms with E-state index in [1.807, 2.05) is 13.0 Å². The molecule has 3 rings (SSSR count). The highest BCUT2D eigenvalue weighted by Gasteiger charge is 2.17. The fraction of sp³-hybridized carbons (Fsp3) is 0.0952. The summed E-state index contributed by atoms with van der Waals surface area (Å²) in [5.74, 6) is 0.849. The molecular formula is C21H16N2O3S. The Kier molecular flexibility index (Phi) is 5.34. The Balaban J connectivity index is 2.29. The maximum Gasteiger partial charge on any atom is 0.269 e. The number of aryl methyl sites for hydroxylation is 1. The van der Waals surface area contributed by atoms with Gasteiger partial charge in [0, 0.05) is 18.2 Å². The number of carbonyl (C=O) groups is 1. The van der Waals surface area contributed by atoms with Crippen molar-refractivity contribution in [1.29, 1.82) is 5.26 Å². The summed E-state index contributed by atoms with van der Waals surface area (Å²) in [4.78, 5) is 25.6. The molecule has 0 radical (unpaired) electrons. The van der Waals surface area contributed by atoms with Crippen LogP contribution in [0.5, 0.6) is 0 Å². The molecule has 6 heteroatoms. The van der Waals surface area contributed by atoms with Gasteiger partial charge in [0.15, 0.2) is 0 Å². The number of hydrogen-bond donors (Lipinski definition) is 0. The molecule has 3 aromatic rings. The maximum atomic E-state index is 12.8. The van der Waals surface area contributed by atoms with Gasteiger partial charge in [0.25, 0.3) is 5.56 Å². The SMILES string of the molecule is C=CCn1c(=O)/c(=C\c2ccc(C)o2)s/c1=C(/C#N)C(=O)c1ccccc1. The van der Waals surface area contributed by atoms with E-state index in [1.54, 1.807) is 54.6 Å². The van der Waals surface area contributed by atoms with Crippen LogP contribution in [-0.2, 0) is 6.54 Å². The molecule has 27 heavy (non-hydrogen) atoms. The smallest absolute Gasteiger partial charge is 0.269 e. The van der Waals surface area contributed by atoms with Gasteiger partial charge in [0.2, 0.25) is 5.78 Å². The van der Waals surface area contributed by atoms with E-state index in [4.69, 9.17) is 4.42 Å². The van der Waals surface area contributed by atoms with Crippen molar-refractivity contribution in [2.45, 2.75) is 13.5 Å². The van der Waals surface area contributed by atoms with Gasteiger partial charge in [-0.2, -0.15) is 5.26 Å². The number of furan rings is 1. The first-order valence-electron chi connectivity index (χ1n) is 8.18. The Hall–Kier alpha value is -3.43. The first-order chi connectivity index (χ1) is 13.0. The molecule has 2 heterocycles. The minimum atomic E-state index is -0.419. The number of thiazole rings is 1. The lowest BCUT2D eigenvalue weighted by Crippen LogP contribution is -2.32. The van der Waals surface area contributed by atoms with E-state index in [0.717, 1.165) is 17.1 Å². The molecule has 0 spiro atoms. The molecule has 0 saturated heterocycles. The lowest BCUT2D eigenvalue weighted by molar-refractivity contribution is 0.105. The predicted molar refractivity (Wildman–Crippen MR) is 105 cm³/mol. The van der Waals surface area contributed by atoms with Gasteiger partial charge in [-0.1, -0.05) is 36.4 Å². The Bertz CT molecular complexity index is 1220. The summed E-state index contributed by atoms with van der Waals surface area (Å²) in [6.45, 7) is 5.67. The van der Waals surface area contributed by atoms with Gasteiger partial charge in [-0.25, -0.2) is 0 Å². The van der Waals surface area contributed by atoms with Crippen LogP contribution in [0.25, 0.3) is 11.6 Å². The van der Waals surface area contributed by atoms with Crippen LogP contribution >= 0.6 is 11.3 Å². The largest absolute Gasteiger partial charge is 0.462 e. The second-order valence-corrected chi connectivity index (χ2v) is 6.78. The quantitative estimate of drug-likeness (QED) is 0.506. The minimum Gasteiger partial charge on any atom is -0.462 e. The zero-order valence-corrected chi connectivity index (χ0v) is 15.5. The second kappa shape index (κ2) is 7.85. The highest BCUT2D eigenvalue weighted by Crippen LogP contribution is 2.08. The maximum absolute atomic E-state index is 12.8. The van der Waals surface area contributed by atoms with Gasteiger partial charge in [-0.3, -0.25) is 14.2 Å². The van der Waals surface area contributed by atoms with Gasteiger partial charge in [-0.05, 0) is 19.1 Å². The molecule has 0 N–H and O–H groups in total. The summed E-state index contributed by atoms with van der Waals surface area (Å²) in [6, 6.07) is 14.1. The number of nitriles is 1. The van der Waals surface area contributed by atoms with Gasteiger partial charge in [-0.15, -0.1) is 17.9 Å². The molecule has 0 fully saturated rings. The zero-order chi connectivity index (χ0) is 19.4. The van der Waals surface area contributed by atoms with Crippen LogP contribution in [0.15, 0.2) is 64.3 Å². The van der Waals surface area contributed by atoms with Crippen molar-refractivity contribution >= 4 is 28.8 Å². The van der Waals surface area contributed by atoms with Crippen LogP contribution < -0.4 is 14.8 Å². The highest BCUT2D eigenvalue weighted by molar-refractivity contribution is 7.07. The summed E-state index contributed by atoms with van der Waals surface area (Å²) in [7, 11) is 0. The van der Waals surface area contributed by atoms with Gasteiger partial charge >= 0.3 is 0 Å². The zero-order valence-electron chi connectivity index (χ0n) is 14.6. The topological polar surface area (TPSA) is 76.0 Å². The monoisotopic (exact) mass is 376 g/mol. The van der Waals surface area contributed by atoms with Crippen molar-refractivity contribution in [1.82, 2.24) is 4.57 Å². The number of carbonyl (C=O) groups excluding carboxylic acids is 1. The van der Waals surface area contributed by atoms with Crippen molar-refractivity contribution in [2.75, 3.05) is 0 Å². The van der Waals surface area contributed by atoms with Crippen LogP contribution in [-0.4, -0.2) is 10.4 Å². The van der Waals surface area contributed by atoms with Gasteiger partial charge < -0.3 is 4.42 Å². The van der Waals surface area contributed by atoms with E-state index in [1.165, 1.54) is 4.57 Å². The first kappa shape index (κ1) is 18.4. The molecule has 134 valence electrons. The van der Waals surface area contributed by atoms with E-state index >= 15 is 0 Å². The number of benzene rings is 1. The molecule has 0 atom stereocenters. The summed E-state index contributed by atoms with van der Waals surface area (Å²) in [6.07, 6.45) is 3.17. The number of rotatable bonds is 5. The third kappa shape index (κ3) is 3.73. The lowest BCUT2D eigenvalue weighted by Gasteiger charge is -2.00. The van der Waals surface area contributed by atoms with Crippen LogP contribution in [0.1, 0.15) is 21.9 Å². The first-order valence-corrected chi connectivity index (χ1v) is 8.99. The van der Waals surface area contributed by atoms with Crippen LogP contribution in [0.2, 0.25) is 0 Å². The number of allylic oxidation sites excluding steroid dienone is 1. The Morgan fingerprint density at radius 2 is 2.04 bits per heavy atom. The lowest BCUT2D eigenvalue weighted by atomic mass is 10.1. The normalized spacial score (nSPS) is 12.5. The second-order valence-electron chi connectivity index (χ2n) is 5.75. The van der Waals surface area contributed by atoms with Crippen molar-refractivity contribution < 1.29 is 9.21 Å². The number of nitrogens with zero attached hydrogens (tertiary/aromatic N) is 2. The molecule has 1 aromatic carbocycles. The van der Waals surface area contributed by atoms with Crippen LogP contribution in [0, 0.1) is 18.3 Å². The molecule has 0 aliphatic rings. The van der Waals surface area contributed by atoms with Crippen molar-refractivity contribution in [3.05, 3.63) is 91.8 Å². The standard InChI is InChI=1S/C21H16N2O3S/c1-3-11-23-20(25)18(12-16-10-9-14(2)26-16)27-21(23)17(13-22)19(24)15-7-5-4-6-8-15/h3-10,12H,1,11H2,2H3/b18-12+,21-17-. The average molecular weight is 376 g/mol. The molecule has 0 unspecified atom stereocenters. The molecule has 0 amide bonds. The van der Waals surface area contributed by atoms with E-state index in [9.17, 15) is 14.9 Å². The molecule has 0 saturated carbocycles. The molecule has 5 nitrogen and oxygen atoms in total. The molecule has 2 aromatic heterocycles. The third-order valence-corrected chi connectivity index (χ3v) is 4.97. The van der Waals surface area contributed by atoms with Crippen molar-refractivity contribution in [3.8, 4) is 6.07 Å². The fourth-order valence-corrected chi connectivity index (χ4v) is 3.68. The average Bonchev–Trinajstić information content (AvgIpc) is 3.22. The summed E-state index contributed by atoms with van der Waals surface area (Å²) in [5.41, 5.74) is 0.0326. The Labute approximate surface area is 159 Å². The van der Waals surface area contributed by atoms with Crippen LogP contribution in [0.3, 0.4) is 0 Å². The minimum absolute atomic E-state index is 0.0691. The van der Waals surface area contributed by atoms with Crippen molar-refractivity contribution in [2.24, 2.45) is 0 Å².